The first-order valence-corrected chi connectivity index (χ1v) is 7.42. The van der Waals surface area contributed by atoms with Crippen LogP contribution >= 0.6 is 22.9 Å². The maximum atomic E-state index is 13.7. The lowest BCUT2D eigenvalue weighted by atomic mass is 10.2. The first kappa shape index (κ1) is 14.4. The van der Waals surface area contributed by atoms with Crippen LogP contribution in [0.5, 0.6) is 0 Å². The van der Waals surface area contributed by atoms with Gasteiger partial charge in [-0.25, -0.2) is 9.37 Å². The van der Waals surface area contributed by atoms with E-state index in [2.05, 4.69) is 17.2 Å². The average Bonchev–Trinajstić information content (AvgIpc) is 2.89. The lowest BCUT2D eigenvalue weighted by Crippen LogP contribution is -2.18. The van der Waals surface area contributed by atoms with E-state index < -0.39 is 0 Å². The van der Waals surface area contributed by atoms with Crippen molar-refractivity contribution >= 4 is 22.9 Å². The molecule has 0 aliphatic heterocycles. The second-order valence-corrected chi connectivity index (χ2v) is 5.89. The Labute approximate surface area is 121 Å². The summed E-state index contributed by atoms with van der Waals surface area (Å²) in [6, 6.07) is 5.15. The van der Waals surface area contributed by atoms with Gasteiger partial charge in [-0.3, -0.25) is 0 Å². The fourth-order valence-electron chi connectivity index (χ4n) is 1.72. The number of nitrogens with one attached hydrogen (secondary N) is 1. The Hall–Kier alpha value is -0.970. The number of halogens is 2. The van der Waals surface area contributed by atoms with E-state index in [1.165, 1.54) is 4.88 Å². The number of nitrogens with zero attached hydrogens (tertiary/aromatic N) is 1. The molecule has 1 N–H and O–H groups in total. The zero-order valence-corrected chi connectivity index (χ0v) is 12.5. The van der Waals surface area contributed by atoms with E-state index >= 15 is 0 Å². The normalized spacial score (nSPS) is 12.6. The minimum absolute atomic E-state index is 0.101. The Morgan fingerprint density at radius 2 is 2.26 bits per heavy atom. The summed E-state index contributed by atoms with van der Waals surface area (Å²) < 4.78 is 13.7. The molecule has 0 fully saturated rings. The van der Waals surface area contributed by atoms with Crippen LogP contribution < -0.4 is 5.32 Å². The topological polar surface area (TPSA) is 24.9 Å². The molecule has 0 bridgehead atoms. The van der Waals surface area contributed by atoms with E-state index in [0.717, 1.165) is 11.4 Å². The quantitative estimate of drug-likeness (QED) is 0.888. The van der Waals surface area contributed by atoms with Crippen LogP contribution in [0.25, 0.3) is 0 Å². The number of hydrogen-bond acceptors (Lipinski definition) is 3. The van der Waals surface area contributed by atoms with Gasteiger partial charge in [-0.05, 0) is 19.4 Å². The summed E-state index contributed by atoms with van der Waals surface area (Å²) in [5, 5.41) is 4.46. The molecular weight excluding hydrogens is 283 g/mol. The van der Waals surface area contributed by atoms with Crippen molar-refractivity contribution in [3.8, 4) is 0 Å². The Morgan fingerprint density at radius 3 is 2.95 bits per heavy atom. The molecular formula is C14H16ClFN2S. The highest BCUT2D eigenvalue weighted by molar-refractivity contribution is 7.11. The van der Waals surface area contributed by atoms with E-state index in [4.69, 9.17) is 11.6 Å². The van der Waals surface area contributed by atoms with Crippen molar-refractivity contribution in [3.05, 3.63) is 50.7 Å². The predicted octanol–water partition coefficient (Wildman–Crippen LogP) is 4.35. The predicted molar refractivity (Wildman–Crippen MR) is 78.2 cm³/mol. The number of rotatable bonds is 5. The lowest BCUT2D eigenvalue weighted by Gasteiger charge is -2.12. The van der Waals surface area contributed by atoms with Gasteiger partial charge < -0.3 is 5.32 Å². The summed E-state index contributed by atoms with van der Waals surface area (Å²) in [6.45, 7) is 4.58. The van der Waals surface area contributed by atoms with Crippen LogP contribution in [-0.2, 0) is 13.0 Å². The molecule has 0 saturated heterocycles. The van der Waals surface area contributed by atoms with Crippen LogP contribution in [0.2, 0.25) is 5.02 Å². The molecule has 2 aromatic rings. The summed E-state index contributed by atoms with van der Waals surface area (Å²) in [5.41, 5.74) is 0.576. The van der Waals surface area contributed by atoms with Crippen molar-refractivity contribution in [2.24, 2.45) is 0 Å². The molecule has 102 valence electrons. The third kappa shape index (κ3) is 3.53. The Kier molecular flexibility index (Phi) is 4.91. The van der Waals surface area contributed by atoms with Crippen molar-refractivity contribution in [2.75, 3.05) is 0 Å². The van der Waals surface area contributed by atoms with Gasteiger partial charge in [0.2, 0.25) is 0 Å². The standard InChI is InChI=1S/C14H16ClFN2S/c1-3-11-8-18-14(19-11)9(2)17-7-10-5-4-6-12(15)13(10)16/h4-6,8-9,17H,3,7H2,1-2H3. The minimum atomic E-state index is -0.350. The number of hydrogen-bond donors (Lipinski definition) is 1. The summed E-state index contributed by atoms with van der Waals surface area (Å²) in [7, 11) is 0. The largest absolute Gasteiger partial charge is 0.304 e. The van der Waals surface area contributed by atoms with E-state index in [-0.39, 0.29) is 16.9 Å². The van der Waals surface area contributed by atoms with E-state index in [9.17, 15) is 4.39 Å². The van der Waals surface area contributed by atoms with Gasteiger partial charge in [0.05, 0.1) is 11.1 Å². The summed E-state index contributed by atoms with van der Waals surface area (Å²) in [5.74, 6) is -0.350. The van der Waals surface area contributed by atoms with Crippen LogP contribution in [0.3, 0.4) is 0 Å². The molecule has 0 radical (unpaired) electrons. The van der Waals surface area contributed by atoms with Gasteiger partial charge in [-0.1, -0.05) is 30.7 Å². The molecule has 1 atom stereocenters. The van der Waals surface area contributed by atoms with Gasteiger partial charge in [0.15, 0.2) is 0 Å². The molecule has 5 heteroatoms. The monoisotopic (exact) mass is 298 g/mol. The first-order chi connectivity index (χ1) is 9.11. The average molecular weight is 299 g/mol. The molecule has 1 aromatic heterocycles. The van der Waals surface area contributed by atoms with Crippen LogP contribution in [0.1, 0.15) is 35.3 Å². The SMILES string of the molecule is CCc1cnc(C(C)NCc2cccc(Cl)c2F)s1. The Morgan fingerprint density at radius 1 is 1.47 bits per heavy atom. The Balaban J connectivity index is 2.00. The van der Waals surface area contributed by atoms with Crippen molar-refractivity contribution in [3.63, 3.8) is 0 Å². The van der Waals surface area contributed by atoms with Crippen LogP contribution in [0, 0.1) is 5.82 Å². The molecule has 0 spiro atoms. The molecule has 1 heterocycles. The fraction of sp³-hybridized carbons (Fsp3) is 0.357. The van der Waals surface area contributed by atoms with Gasteiger partial charge in [0.25, 0.3) is 0 Å². The van der Waals surface area contributed by atoms with Crippen molar-refractivity contribution in [2.45, 2.75) is 32.9 Å². The highest BCUT2D eigenvalue weighted by Crippen LogP contribution is 2.22. The molecule has 0 saturated carbocycles. The molecule has 0 aliphatic carbocycles. The van der Waals surface area contributed by atoms with E-state index in [1.54, 1.807) is 29.5 Å². The second-order valence-electron chi connectivity index (χ2n) is 4.33. The van der Waals surface area contributed by atoms with Gasteiger partial charge in [-0.2, -0.15) is 0 Å². The maximum absolute atomic E-state index is 13.7. The van der Waals surface area contributed by atoms with Crippen molar-refractivity contribution in [1.29, 1.82) is 0 Å². The summed E-state index contributed by atoms with van der Waals surface area (Å²) in [4.78, 5) is 5.64. The van der Waals surface area contributed by atoms with Crippen molar-refractivity contribution in [1.82, 2.24) is 10.3 Å². The summed E-state index contributed by atoms with van der Waals surface area (Å²) in [6.07, 6.45) is 2.89. The molecule has 1 aromatic carbocycles. The smallest absolute Gasteiger partial charge is 0.146 e. The number of benzene rings is 1. The Bertz CT molecular complexity index is 556. The lowest BCUT2D eigenvalue weighted by molar-refractivity contribution is 0.543. The van der Waals surface area contributed by atoms with Crippen LogP contribution in [0.4, 0.5) is 4.39 Å². The number of aryl methyl sites for hydroxylation is 1. The molecule has 19 heavy (non-hydrogen) atoms. The highest BCUT2D eigenvalue weighted by Gasteiger charge is 2.11. The van der Waals surface area contributed by atoms with Crippen LogP contribution in [0.15, 0.2) is 24.4 Å². The highest BCUT2D eigenvalue weighted by atomic mass is 35.5. The molecule has 0 amide bonds. The zero-order valence-electron chi connectivity index (χ0n) is 10.9. The van der Waals surface area contributed by atoms with Crippen molar-refractivity contribution < 1.29 is 4.39 Å². The maximum Gasteiger partial charge on any atom is 0.146 e. The van der Waals surface area contributed by atoms with E-state index in [1.807, 2.05) is 13.1 Å². The third-order valence-corrected chi connectivity index (χ3v) is 4.54. The number of thiazole rings is 1. The summed E-state index contributed by atoms with van der Waals surface area (Å²) >= 11 is 7.45. The third-order valence-electron chi connectivity index (χ3n) is 2.92. The van der Waals surface area contributed by atoms with Gasteiger partial charge in [-0.15, -0.1) is 11.3 Å². The van der Waals surface area contributed by atoms with E-state index in [0.29, 0.717) is 12.1 Å². The zero-order chi connectivity index (χ0) is 13.8. The van der Waals surface area contributed by atoms with Crippen LogP contribution in [-0.4, -0.2) is 4.98 Å². The molecule has 1 unspecified atom stereocenters. The van der Waals surface area contributed by atoms with Gasteiger partial charge >= 0.3 is 0 Å². The second kappa shape index (κ2) is 6.46. The fourth-order valence-corrected chi connectivity index (χ4v) is 2.80. The molecule has 2 rings (SSSR count). The molecule has 2 nitrogen and oxygen atoms in total. The minimum Gasteiger partial charge on any atom is -0.304 e. The number of aromatic nitrogens is 1. The first-order valence-electron chi connectivity index (χ1n) is 6.22. The van der Waals surface area contributed by atoms with Gasteiger partial charge in [0, 0.05) is 23.2 Å². The molecule has 0 aliphatic rings. The van der Waals surface area contributed by atoms with Gasteiger partial charge in [0.1, 0.15) is 10.8 Å².